The summed E-state index contributed by atoms with van der Waals surface area (Å²) in [6.07, 6.45) is 4.08. The van der Waals surface area contributed by atoms with E-state index in [1.807, 2.05) is 0 Å². The number of fused-ring (bicyclic) bond motifs is 7. The summed E-state index contributed by atoms with van der Waals surface area (Å²) in [7, 11) is 0. The molecule has 2 heteroatoms. The molecule has 0 atom stereocenters. The van der Waals surface area contributed by atoms with Gasteiger partial charge in [-0.3, -0.25) is 0 Å². The van der Waals surface area contributed by atoms with Crippen LogP contribution in [0.15, 0.2) is 71.8 Å². The lowest BCUT2D eigenvalue weighted by Gasteiger charge is -2.21. The molecule has 0 radical (unpaired) electrons. The number of allylic oxidation sites excluding steroid dienone is 1. The van der Waals surface area contributed by atoms with Crippen molar-refractivity contribution in [1.29, 1.82) is 0 Å². The molecule has 142 valence electrons. The van der Waals surface area contributed by atoms with Crippen molar-refractivity contribution in [1.82, 2.24) is 4.57 Å². The van der Waals surface area contributed by atoms with Crippen molar-refractivity contribution < 1.29 is 0 Å². The molecule has 0 bridgehead atoms. The molecule has 0 amide bonds. The monoisotopic (exact) mass is 395 g/mol. The maximum absolute atomic E-state index is 6.56. The summed E-state index contributed by atoms with van der Waals surface area (Å²) in [4.78, 5) is 0. The number of benzene rings is 3. The molecule has 6 rings (SSSR count). The second-order valence-corrected chi connectivity index (χ2v) is 9.16. The van der Waals surface area contributed by atoms with Crippen molar-refractivity contribution in [2.75, 3.05) is 0 Å². The van der Waals surface area contributed by atoms with Gasteiger partial charge >= 0.3 is 0 Å². The van der Waals surface area contributed by atoms with E-state index in [1.54, 1.807) is 0 Å². The SMILES string of the molecule is CC1(C)c2ccccc2-c2c1ccc1c2c2c(n1-c1ccccc1)CCC(Cl)=C2. The molecule has 2 aliphatic rings. The molecule has 3 aromatic carbocycles. The normalized spacial score (nSPS) is 16.3. The van der Waals surface area contributed by atoms with E-state index < -0.39 is 0 Å². The first-order valence-corrected chi connectivity index (χ1v) is 10.7. The van der Waals surface area contributed by atoms with Gasteiger partial charge in [-0.05, 0) is 59.4 Å². The first kappa shape index (κ1) is 17.1. The van der Waals surface area contributed by atoms with Crippen LogP contribution in [-0.2, 0) is 11.8 Å². The molecule has 0 spiro atoms. The Morgan fingerprint density at radius 2 is 1.59 bits per heavy atom. The van der Waals surface area contributed by atoms with E-state index in [9.17, 15) is 0 Å². The zero-order valence-corrected chi connectivity index (χ0v) is 17.4. The van der Waals surface area contributed by atoms with Crippen LogP contribution in [0.5, 0.6) is 0 Å². The zero-order chi connectivity index (χ0) is 19.8. The highest BCUT2D eigenvalue weighted by molar-refractivity contribution is 6.32. The number of halogens is 1. The van der Waals surface area contributed by atoms with E-state index in [1.165, 1.54) is 50.1 Å². The second kappa shape index (κ2) is 5.87. The predicted octanol–water partition coefficient (Wildman–Crippen LogP) is 7.46. The summed E-state index contributed by atoms with van der Waals surface area (Å²) in [6.45, 7) is 4.68. The third-order valence-corrected chi connectivity index (χ3v) is 7.03. The van der Waals surface area contributed by atoms with E-state index in [0.29, 0.717) is 0 Å². The molecule has 29 heavy (non-hydrogen) atoms. The highest BCUT2D eigenvalue weighted by atomic mass is 35.5. The fourth-order valence-corrected chi connectivity index (χ4v) is 5.60. The van der Waals surface area contributed by atoms with Crippen LogP contribution in [0.1, 0.15) is 42.7 Å². The smallest absolute Gasteiger partial charge is 0.0544 e. The molecular formula is C27H22ClN. The molecule has 0 fully saturated rings. The number of hydrogen-bond donors (Lipinski definition) is 0. The van der Waals surface area contributed by atoms with Crippen molar-refractivity contribution >= 4 is 28.6 Å². The van der Waals surface area contributed by atoms with Crippen LogP contribution in [0.3, 0.4) is 0 Å². The maximum Gasteiger partial charge on any atom is 0.0544 e. The highest BCUT2D eigenvalue weighted by Crippen LogP contribution is 2.53. The number of nitrogens with zero attached hydrogens (tertiary/aromatic N) is 1. The Hall–Kier alpha value is -2.77. The molecule has 1 heterocycles. The van der Waals surface area contributed by atoms with Crippen LogP contribution >= 0.6 is 11.6 Å². The van der Waals surface area contributed by atoms with Crippen LogP contribution in [0.25, 0.3) is 33.8 Å². The van der Waals surface area contributed by atoms with Crippen LogP contribution in [0, 0.1) is 0 Å². The van der Waals surface area contributed by atoms with Crippen LogP contribution < -0.4 is 0 Å². The van der Waals surface area contributed by atoms with Crippen LogP contribution in [-0.4, -0.2) is 4.57 Å². The van der Waals surface area contributed by atoms with Crippen LogP contribution in [0.4, 0.5) is 0 Å². The summed E-state index contributed by atoms with van der Waals surface area (Å²) in [5, 5.41) is 2.30. The van der Waals surface area contributed by atoms with Gasteiger partial charge < -0.3 is 4.57 Å². The molecule has 4 aromatic rings. The molecule has 0 aliphatic heterocycles. The van der Waals surface area contributed by atoms with Crippen molar-refractivity contribution in [3.05, 3.63) is 94.1 Å². The van der Waals surface area contributed by atoms with Crippen molar-refractivity contribution in [3.8, 4) is 16.8 Å². The Morgan fingerprint density at radius 1 is 0.828 bits per heavy atom. The number of para-hydroxylation sites is 1. The molecule has 2 aliphatic carbocycles. The van der Waals surface area contributed by atoms with Crippen molar-refractivity contribution in [3.63, 3.8) is 0 Å². The lowest BCUT2D eigenvalue weighted by atomic mass is 9.82. The number of aromatic nitrogens is 1. The van der Waals surface area contributed by atoms with Crippen molar-refractivity contribution in [2.24, 2.45) is 0 Å². The summed E-state index contributed by atoms with van der Waals surface area (Å²) < 4.78 is 2.44. The Labute approximate surface area is 176 Å². The van der Waals surface area contributed by atoms with Crippen molar-refractivity contribution in [2.45, 2.75) is 32.1 Å². The van der Waals surface area contributed by atoms with E-state index in [4.69, 9.17) is 11.6 Å². The van der Waals surface area contributed by atoms with Gasteiger partial charge in [-0.1, -0.05) is 74.0 Å². The lowest BCUT2D eigenvalue weighted by molar-refractivity contribution is 0.661. The average molecular weight is 396 g/mol. The molecule has 0 N–H and O–H groups in total. The third kappa shape index (κ3) is 2.22. The maximum atomic E-state index is 6.56. The van der Waals surface area contributed by atoms with Gasteiger partial charge in [0.2, 0.25) is 0 Å². The second-order valence-electron chi connectivity index (χ2n) is 8.68. The molecule has 0 saturated carbocycles. The lowest BCUT2D eigenvalue weighted by Crippen LogP contribution is -2.14. The standard InChI is InChI=1S/C27H22ClN/c1-27(2)21-11-7-6-10-19(21)25-22(27)13-15-24-26(25)20-16-17(28)12-14-23(20)29(24)18-8-4-3-5-9-18/h3-11,13,15-16H,12,14H2,1-2H3. The van der Waals surface area contributed by atoms with E-state index >= 15 is 0 Å². The minimum absolute atomic E-state index is 0.00399. The fourth-order valence-electron chi connectivity index (χ4n) is 5.39. The molecule has 0 saturated heterocycles. The van der Waals surface area contributed by atoms with Gasteiger partial charge in [0.1, 0.15) is 0 Å². The van der Waals surface area contributed by atoms with Crippen LogP contribution in [0.2, 0.25) is 0 Å². The van der Waals surface area contributed by atoms with E-state index in [0.717, 1.165) is 17.9 Å². The third-order valence-electron chi connectivity index (χ3n) is 6.73. The summed E-state index contributed by atoms with van der Waals surface area (Å²) in [5.74, 6) is 0. The van der Waals surface area contributed by atoms with Gasteiger partial charge in [0.05, 0.1) is 5.52 Å². The van der Waals surface area contributed by atoms with Gasteiger partial charge in [0.25, 0.3) is 0 Å². The summed E-state index contributed by atoms with van der Waals surface area (Å²) >= 11 is 6.56. The molecule has 0 unspecified atom stereocenters. The average Bonchev–Trinajstić information content (AvgIpc) is 3.18. The van der Waals surface area contributed by atoms with E-state index in [-0.39, 0.29) is 5.41 Å². The zero-order valence-electron chi connectivity index (χ0n) is 16.7. The molecule has 1 nitrogen and oxygen atoms in total. The van der Waals surface area contributed by atoms with Gasteiger partial charge in [0, 0.05) is 32.8 Å². The minimum Gasteiger partial charge on any atom is -0.313 e. The first-order valence-electron chi connectivity index (χ1n) is 10.3. The van der Waals surface area contributed by atoms with Gasteiger partial charge in [0.15, 0.2) is 0 Å². The Kier molecular flexibility index (Phi) is 3.47. The number of rotatable bonds is 1. The fraction of sp³-hybridized carbons (Fsp3) is 0.185. The largest absolute Gasteiger partial charge is 0.313 e. The summed E-state index contributed by atoms with van der Waals surface area (Å²) in [5.41, 5.74) is 10.7. The van der Waals surface area contributed by atoms with Gasteiger partial charge in [-0.25, -0.2) is 0 Å². The highest BCUT2D eigenvalue weighted by Gasteiger charge is 2.37. The number of hydrogen-bond acceptors (Lipinski definition) is 0. The predicted molar refractivity (Wildman–Crippen MR) is 123 cm³/mol. The van der Waals surface area contributed by atoms with Gasteiger partial charge in [-0.2, -0.15) is 0 Å². The minimum atomic E-state index is 0.00399. The molecule has 1 aromatic heterocycles. The topological polar surface area (TPSA) is 4.93 Å². The Morgan fingerprint density at radius 3 is 2.41 bits per heavy atom. The Bertz CT molecular complexity index is 1320. The van der Waals surface area contributed by atoms with E-state index in [2.05, 4.69) is 91.2 Å². The molecular weight excluding hydrogens is 374 g/mol. The summed E-state index contributed by atoms with van der Waals surface area (Å²) in [6, 6.07) is 24.2. The first-order chi connectivity index (χ1) is 14.1. The Balaban J connectivity index is 1.81. The quantitative estimate of drug-likeness (QED) is 0.315. The van der Waals surface area contributed by atoms with Gasteiger partial charge in [-0.15, -0.1) is 0 Å².